The molecule has 1 N–H and O–H groups in total. The minimum atomic E-state index is -0.0378. The smallest absolute Gasteiger partial charge is 0.151 e. The zero-order valence-corrected chi connectivity index (χ0v) is 8.66. The summed E-state index contributed by atoms with van der Waals surface area (Å²) in [6.07, 6.45) is 1.75. The summed E-state index contributed by atoms with van der Waals surface area (Å²) in [5.74, 6) is 0. The molecule has 1 saturated heterocycles. The number of pyridine rings is 1. The standard InChI is InChI=1S/C11H16N2O/c1-11(2)7-13-10(14-8-11)9-5-3-4-6-12-9/h3-6,10,13H,7-8H2,1-2H3. The molecule has 1 aromatic rings. The van der Waals surface area contributed by atoms with Crippen LogP contribution in [-0.2, 0) is 4.74 Å². The Labute approximate surface area is 84.5 Å². The molecule has 1 unspecified atom stereocenters. The Bertz CT molecular complexity index is 287. The lowest BCUT2D eigenvalue weighted by Gasteiger charge is -2.35. The summed E-state index contributed by atoms with van der Waals surface area (Å²) in [4.78, 5) is 4.26. The van der Waals surface area contributed by atoms with E-state index in [4.69, 9.17) is 4.74 Å². The van der Waals surface area contributed by atoms with Gasteiger partial charge in [0.1, 0.15) is 0 Å². The highest BCUT2D eigenvalue weighted by Gasteiger charge is 2.28. The number of aromatic nitrogens is 1. The molecule has 76 valence electrons. The van der Waals surface area contributed by atoms with E-state index in [0.29, 0.717) is 0 Å². The van der Waals surface area contributed by atoms with Crippen LogP contribution in [0.2, 0.25) is 0 Å². The summed E-state index contributed by atoms with van der Waals surface area (Å²) in [5.41, 5.74) is 1.19. The third-order valence-electron chi connectivity index (χ3n) is 2.36. The molecule has 1 atom stereocenters. The van der Waals surface area contributed by atoms with E-state index in [-0.39, 0.29) is 11.6 Å². The van der Waals surface area contributed by atoms with Gasteiger partial charge >= 0.3 is 0 Å². The number of nitrogens with one attached hydrogen (secondary N) is 1. The van der Waals surface area contributed by atoms with Crippen LogP contribution in [0.25, 0.3) is 0 Å². The van der Waals surface area contributed by atoms with E-state index in [9.17, 15) is 0 Å². The summed E-state index contributed by atoms with van der Waals surface area (Å²) < 4.78 is 5.71. The van der Waals surface area contributed by atoms with E-state index in [1.54, 1.807) is 6.20 Å². The molecule has 0 bridgehead atoms. The molecule has 0 spiro atoms. The summed E-state index contributed by atoms with van der Waals surface area (Å²) in [6.45, 7) is 6.12. The third kappa shape index (κ3) is 2.11. The molecule has 2 heterocycles. The number of hydrogen-bond acceptors (Lipinski definition) is 3. The SMILES string of the molecule is CC1(C)CNC(c2ccccn2)OC1. The zero-order chi connectivity index (χ0) is 10.0. The van der Waals surface area contributed by atoms with Crippen molar-refractivity contribution in [3.05, 3.63) is 30.1 Å². The van der Waals surface area contributed by atoms with Crippen molar-refractivity contribution < 1.29 is 4.74 Å². The molecule has 1 fully saturated rings. The molecular weight excluding hydrogens is 176 g/mol. The maximum atomic E-state index is 5.71. The summed E-state index contributed by atoms with van der Waals surface area (Å²) >= 11 is 0. The molecule has 0 aliphatic carbocycles. The van der Waals surface area contributed by atoms with Gasteiger partial charge in [-0.3, -0.25) is 10.3 Å². The van der Waals surface area contributed by atoms with Gasteiger partial charge in [0.15, 0.2) is 6.23 Å². The van der Waals surface area contributed by atoms with Gasteiger partial charge in [-0.15, -0.1) is 0 Å². The Hall–Kier alpha value is -0.930. The van der Waals surface area contributed by atoms with E-state index >= 15 is 0 Å². The molecule has 0 radical (unpaired) electrons. The minimum absolute atomic E-state index is 0.0378. The van der Waals surface area contributed by atoms with E-state index in [1.165, 1.54) is 0 Å². The van der Waals surface area contributed by atoms with Gasteiger partial charge in [0.25, 0.3) is 0 Å². The van der Waals surface area contributed by atoms with Crippen molar-refractivity contribution in [2.24, 2.45) is 5.41 Å². The quantitative estimate of drug-likeness (QED) is 0.735. The second-order valence-electron chi connectivity index (χ2n) is 4.49. The molecule has 1 aliphatic rings. The second kappa shape index (κ2) is 3.67. The van der Waals surface area contributed by atoms with Crippen molar-refractivity contribution >= 4 is 0 Å². The fraction of sp³-hybridized carbons (Fsp3) is 0.545. The van der Waals surface area contributed by atoms with Crippen LogP contribution in [0, 0.1) is 5.41 Å². The maximum absolute atomic E-state index is 5.71. The average molecular weight is 192 g/mol. The lowest BCUT2D eigenvalue weighted by atomic mass is 9.93. The molecule has 14 heavy (non-hydrogen) atoms. The van der Waals surface area contributed by atoms with Crippen LogP contribution < -0.4 is 5.32 Å². The number of hydrogen-bond donors (Lipinski definition) is 1. The largest absolute Gasteiger partial charge is 0.357 e. The Kier molecular flexibility index (Phi) is 2.52. The Balaban J connectivity index is 2.03. The van der Waals surface area contributed by atoms with Gasteiger partial charge in [0, 0.05) is 18.2 Å². The van der Waals surface area contributed by atoms with Crippen molar-refractivity contribution in [2.75, 3.05) is 13.2 Å². The number of ether oxygens (including phenoxy) is 1. The van der Waals surface area contributed by atoms with Crippen molar-refractivity contribution in [3.63, 3.8) is 0 Å². The van der Waals surface area contributed by atoms with E-state index in [1.807, 2.05) is 18.2 Å². The van der Waals surface area contributed by atoms with Crippen LogP contribution in [0.5, 0.6) is 0 Å². The minimum Gasteiger partial charge on any atom is -0.357 e. The second-order valence-corrected chi connectivity index (χ2v) is 4.49. The Morgan fingerprint density at radius 1 is 1.50 bits per heavy atom. The van der Waals surface area contributed by atoms with Gasteiger partial charge < -0.3 is 4.74 Å². The zero-order valence-electron chi connectivity index (χ0n) is 8.66. The number of rotatable bonds is 1. The molecule has 1 aromatic heterocycles. The first-order chi connectivity index (χ1) is 6.67. The molecule has 3 nitrogen and oxygen atoms in total. The topological polar surface area (TPSA) is 34.2 Å². The predicted molar refractivity (Wildman–Crippen MR) is 54.7 cm³/mol. The first-order valence-corrected chi connectivity index (χ1v) is 4.93. The van der Waals surface area contributed by atoms with Crippen molar-refractivity contribution in [3.8, 4) is 0 Å². The van der Waals surface area contributed by atoms with Gasteiger partial charge in [-0.05, 0) is 12.1 Å². The fourth-order valence-corrected chi connectivity index (χ4v) is 1.51. The van der Waals surface area contributed by atoms with Crippen molar-refractivity contribution in [1.29, 1.82) is 0 Å². The Morgan fingerprint density at radius 3 is 2.93 bits per heavy atom. The molecule has 1 aliphatic heterocycles. The lowest BCUT2D eigenvalue weighted by Crippen LogP contribution is -2.43. The predicted octanol–water partition coefficient (Wildman–Crippen LogP) is 1.73. The molecular formula is C11H16N2O. The first-order valence-electron chi connectivity index (χ1n) is 4.93. The van der Waals surface area contributed by atoms with Gasteiger partial charge in [0.05, 0.1) is 12.3 Å². The van der Waals surface area contributed by atoms with E-state index in [0.717, 1.165) is 18.8 Å². The van der Waals surface area contributed by atoms with Crippen LogP contribution in [0.4, 0.5) is 0 Å². The molecule has 0 aromatic carbocycles. The van der Waals surface area contributed by atoms with Gasteiger partial charge in [-0.1, -0.05) is 19.9 Å². The van der Waals surface area contributed by atoms with Crippen LogP contribution in [-0.4, -0.2) is 18.1 Å². The summed E-state index contributed by atoms with van der Waals surface area (Å²) in [7, 11) is 0. The highest BCUT2D eigenvalue weighted by atomic mass is 16.5. The molecule has 0 amide bonds. The lowest BCUT2D eigenvalue weighted by molar-refractivity contribution is -0.0614. The fourth-order valence-electron chi connectivity index (χ4n) is 1.51. The Morgan fingerprint density at radius 2 is 2.36 bits per heavy atom. The molecule has 3 heteroatoms. The molecule has 2 rings (SSSR count). The first kappa shape index (κ1) is 9.62. The van der Waals surface area contributed by atoms with E-state index < -0.39 is 0 Å². The highest BCUT2D eigenvalue weighted by molar-refractivity contribution is 5.07. The van der Waals surface area contributed by atoms with Gasteiger partial charge in [0.2, 0.25) is 0 Å². The van der Waals surface area contributed by atoms with Crippen LogP contribution in [0.15, 0.2) is 24.4 Å². The molecule has 0 saturated carbocycles. The normalized spacial score (nSPS) is 26.0. The number of nitrogens with zero attached hydrogens (tertiary/aromatic N) is 1. The third-order valence-corrected chi connectivity index (χ3v) is 2.36. The van der Waals surface area contributed by atoms with Gasteiger partial charge in [-0.25, -0.2) is 0 Å². The maximum Gasteiger partial charge on any atom is 0.151 e. The summed E-state index contributed by atoms with van der Waals surface area (Å²) in [5, 5.41) is 3.34. The van der Waals surface area contributed by atoms with Crippen molar-refractivity contribution in [2.45, 2.75) is 20.1 Å². The highest BCUT2D eigenvalue weighted by Crippen LogP contribution is 2.24. The van der Waals surface area contributed by atoms with E-state index in [2.05, 4.69) is 24.1 Å². The van der Waals surface area contributed by atoms with Crippen LogP contribution in [0.3, 0.4) is 0 Å². The van der Waals surface area contributed by atoms with Gasteiger partial charge in [-0.2, -0.15) is 0 Å². The monoisotopic (exact) mass is 192 g/mol. The van der Waals surface area contributed by atoms with Crippen LogP contribution >= 0.6 is 0 Å². The van der Waals surface area contributed by atoms with Crippen LogP contribution in [0.1, 0.15) is 25.8 Å². The summed E-state index contributed by atoms with van der Waals surface area (Å²) in [6, 6.07) is 5.87. The van der Waals surface area contributed by atoms with Crippen molar-refractivity contribution in [1.82, 2.24) is 10.3 Å². The average Bonchev–Trinajstić information content (AvgIpc) is 2.19.